The van der Waals surface area contributed by atoms with Crippen LogP contribution in [0.3, 0.4) is 0 Å². The second-order valence-corrected chi connectivity index (χ2v) is 9.13. The van der Waals surface area contributed by atoms with E-state index in [2.05, 4.69) is 41.3 Å². The van der Waals surface area contributed by atoms with Crippen molar-refractivity contribution in [2.75, 3.05) is 6.61 Å². The van der Waals surface area contributed by atoms with Crippen LogP contribution in [0.2, 0.25) is 0 Å². The molecule has 2 aliphatic heterocycles. The molecule has 1 aromatic carbocycles. The van der Waals surface area contributed by atoms with Gasteiger partial charge in [-0.1, -0.05) is 36.4 Å². The molecule has 2 saturated heterocycles. The minimum atomic E-state index is -0.464. The average molecular weight is 333 g/mol. The van der Waals surface area contributed by atoms with E-state index in [0.29, 0.717) is 41.5 Å². The summed E-state index contributed by atoms with van der Waals surface area (Å²) >= 11 is 0. The van der Waals surface area contributed by atoms with Gasteiger partial charge in [-0.2, -0.15) is 0 Å². The molecule has 3 heteroatoms. The summed E-state index contributed by atoms with van der Waals surface area (Å²) < 4.78 is 6.78. The summed E-state index contributed by atoms with van der Waals surface area (Å²) in [5, 5.41) is 0. The highest BCUT2D eigenvalue weighted by Crippen LogP contribution is 2.66. The quantitative estimate of drug-likeness (QED) is 0.681. The first-order valence-corrected chi connectivity index (χ1v) is 10.0. The highest BCUT2D eigenvalue weighted by Gasteiger charge is 2.70. The Morgan fingerprint density at radius 3 is 2.92 bits per heavy atom. The number of hydrogen-bond donors (Lipinski definition) is 0. The van der Waals surface area contributed by atoms with Crippen LogP contribution in [-0.2, 0) is 15.3 Å². The van der Waals surface area contributed by atoms with Crippen molar-refractivity contribution in [3.8, 4) is 0 Å². The Labute approximate surface area is 148 Å². The molecule has 8 atom stereocenters. The zero-order chi connectivity index (χ0) is 16.3. The Morgan fingerprint density at radius 2 is 1.96 bits per heavy atom. The highest BCUT2D eigenvalue weighted by molar-refractivity contribution is 5.84. The molecule has 4 fully saturated rings. The number of fused-ring (bicyclic) bond motifs is 9. The number of carbonyl (C=O) groups is 1. The number of benzene rings is 1. The van der Waals surface area contributed by atoms with E-state index < -0.39 is 5.72 Å². The summed E-state index contributed by atoms with van der Waals surface area (Å²) in [6, 6.07) is 9.22. The standard InChI is InChI=1S/C22H23NO2/c24-21-16-8-7-13-10-19(16)22(18-4-2-1-3-15(13)18)23(21)20-14-6-5-12(9-14)17(20)11-25-22/h1-6,12-14,16-17,19-20H,7-11H2/t12-,13-,14+,16+,17-,19-,20+,22+/m1/s1. The zero-order valence-electron chi connectivity index (χ0n) is 14.3. The van der Waals surface area contributed by atoms with Gasteiger partial charge >= 0.3 is 0 Å². The predicted octanol–water partition coefficient (Wildman–Crippen LogP) is 3.42. The normalized spacial score (nSPS) is 50.6. The third-order valence-corrected chi connectivity index (χ3v) is 8.42. The van der Waals surface area contributed by atoms with Crippen LogP contribution in [0.15, 0.2) is 36.4 Å². The van der Waals surface area contributed by atoms with Crippen molar-refractivity contribution >= 4 is 5.91 Å². The molecule has 0 radical (unpaired) electrons. The summed E-state index contributed by atoms with van der Waals surface area (Å²) in [6.45, 7) is 0.822. The zero-order valence-corrected chi connectivity index (χ0v) is 14.3. The number of hydrogen-bond acceptors (Lipinski definition) is 2. The van der Waals surface area contributed by atoms with E-state index >= 15 is 0 Å². The van der Waals surface area contributed by atoms with E-state index in [1.807, 2.05) is 0 Å². The lowest BCUT2D eigenvalue weighted by Crippen LogP contribution is -2.62. The summed E-state index contributed by atoms with van der Waals surface area (Å²) in [7, 11) is 0. The van der Waals surface area contributed by atoms with Crippen LogP contribution >= 0.6 is 0 Å². The van der Waals surface area contributed by atoms with Crippen LogP contribution in [0, 0.1) is 29.6 Å². The van der Waals surface area contributed by atoms with E-state index in [-0.39, 0.29) is 5.92 Å². The molecule has 7 rings (SSSR count). The maximum Gasteiger partial charge on any atom is 0.228 e. The van der Waals surface area contributed by atoms with Crippen molar-refractivity contribution in [3.63, 3.8) is 0 Å². The largest absolute Gasteiger partial charge is 0.350 e. The van der Waals surface area contributed by atoms with Crippen molar-refractivity contribution in [3.05, 3.63) is 47.5 Å². The number of carbonyl (C=O) groups excluding carboxylic acids is 1. The molecule has 25 heavy (non-hydrogen) atoms. The summed E-state index contributed by atoms with van der Waals surface area (Å²) in [6.07, 6.45) is 9.33. The fourth-order valence-corrected chi connectivity index (χ4v) is 7.56. The van der Waals surface area contributed by atoms with Crippen LogP contribution in [0.25, 0.3) is 0 Å². The monoisotopic (exact) mass is 333 g/mol. The van der Waals surface area contributed by atoms with Gasteiger partial charge in [0.1, 0.15) is 0 Å². The SMILES string of the molecule is O=C1[C@H]2CC[C@@H]3C[C@H]2[C@@]2(OC[C@H]4[C@H]([C@H]5C=C[C@@H]4C5)N12)c1ccccc13. The Balaban J connectivity index is 1.49. The third kappa shape index (κ3) is 1.34. The molecule has 1 amide bonds. The lowest BCUT2D eigenvalue weighted by molar-refractivity contribution is -0.242. The average Bonchev–Trinajstić information content (AvgIpc) is 3.34. The van der Waals surface area contributed by atoms with Crippen LogP contribution in [-0.4, -0.2) is 23.5 Å². The Hall–Kier alpha value is -1.61. The molecule has 4 aliphatic carbocycles. The van der Waals surface area contributed by atoms with Crippen molar-refractivity contribution in [2.45, 2.75) is 43.4 Å². The van der Waals surface area contributed by atoms with Gasteiger partial charge in [0.15, 0.2) is 5.72 Å². The van der Waals surface area contributed by atoms with E-state index in [1.54, 1.807) is 0 Å². The number of allylic oxidation sites excluding steroid dienone is 1. The van der Waals surface area contributed by atoms with Crippen molar-refractivity contribution in [1.29, 1.82) is 0 Å². The lowest BCUT2D eigenvalue weighted by atomic mass is 9.62. The molecule has 0 unspecified atom stereocenters. The van der Waals surface area contributed by atoms with E-state index in [4.69, 9.17) is 4.74 Å². The topological polar surface area (TPSA) is 29.5 Å². The number of ether oxygens (including phenoxy) is 1. The molecule has 2 saturated carbocycles. The second kappa shape index (κ2) is 4.20. The van der Waals surface area contributed by atoms with Gasteiger partial charge in [0.2, 0.25) is 5.91 Å². The molecular weight excluding hydrogens is 310 g/mol. The molecule has 2 heterocycles. The molecule has 1 aromatic rings. The molecule has 1 spiro atoms. The molecule has 3 nitrogen and oxygen atoms in total. The molecule has 128 valence electrons. The Bertz CT molecular complexity index is 831. The predicted molar refractivity (Wildman–Crippen MR) is 92.5 cm³/mol. The fourth-order valence-electron chi connectivity index (χ4n) is 7.56. The lowest BCUT2D eigenvalue weighted by Gasteiger charge is -2.56. The number of nitrogens with zero attached hydrogens (tertiary/aromatic N) is 1. The van der Waals surface area contributed by atoms with Crippen LogP contribution in [0.1, 0.15) is 42.7 Å². The van der Waals surface area contributed by atoms with Crippen molar-refractivity contribution < 1.29 is 9.53 Å². The first-order valence-electron chi connectivity index (χ1n) is 10.0. The van der Waals surface area contributed by atoms with Gasteiger partial charge in [0.25, 0.3) is 0 Å². The van der Waals surface area contributed by atoms with Crippen molar-refractivity contribution in [2.24, 2.45) is 29.6 Å². The van der Waals surface area contributed by atoms with Crippen LogP contribution in [0.5, 0.6) is 0 Å². The van der Waals surface area contributed by atoms with E-state index in [9.17, 15) is 4.79 Å². The van der Waals surface area contributed by atoms with Gasteiger partial charge < -0.3 is 9.64 Å². The first-order chi connectivity index (χ1) is 12.3. The van der Waals surface area contributed by atoms with Gasteiger partial charge in [0.05, 0.1) is 6.61 Å². The number of amides is 1. The highest BCUT2D eigenvalue weighted by atomic mass is 16.5. The number of rotatable bonds is 0. The minimum absolute atomic E-state index is 0.187. The van der Waals surface area contributed by atoms with Gasteiger partial charge in [-0.3, -0.25) is 4.79 Å². The van der Waals surface area contributed by atoms with E-state index in [1.165, 1.54) is 17.5 Å². The molecule has 0 aromatic heterocycles. The van der Waals surface area contributed by atoms with Gasteiger partial charge in [-0.15, -0.1) is 0 Å². The van der Waals surface area contributed by atoms with Gasteiger partial charge in [-0.25, -0.2) is 0 Å². The second-order valence-electron chi connectivity index (χ2n) is 9.13. The summed E-state index contributed by atoms with van der Waals surface area (Å²) in [4.78, 5) is 15.9. The maximum absolute atomic E-state index is 13.6. The van der Waals surface area contributed by atoms with Crippen LogP contribution < -0.4 is 0 Å². The van der Waals surface area contributed by atoms with Gasteiger partial charge in [0, 0.05) is 29.4 Å². The Morgan fingerprint density at radius 1 is 1.08 bits per heavy atom. The molecular formula is C22H23NO2. The molecule has 6 aliphatic rings. The maximum atomic E-state index is 13.6. The van der Waals surface area contributed by atoms with Gasteiger partial charge in [-0.05, 0) is 49.0 Å². The van der Waals surface area contributed by atoms with Crippen molar-refractivity contribution in [1.82, 2.24) is 4.90 Å². The molecule has 4 bridgehead atoms. The summed E-state index contributed by atoms with van der Waals surface area (Å²) in [5.74, 6) is 3.24. The fraction of sp³-hybridized carbons (Fsp3) is 0.591. The summed E-state index contributed by atoms with van der Waals surface area (Å²) in [5.41, 5.74) is 2.31. The smallest absolute Gasteiger partial charge is 0.228 e. The Kier molecular flexibility index (Phi) is 2.28. The van der Waals surface area contributed by atoms with Crippen LogP contribution in [0.4, 0.5) is 0 Å². The molecule has 0 N–H and O–H groups in total. The first kappa shape index (κ1) is 13.6. The minimum Gasteiger partial charge on any atom is -0.350 e. The van der Waals surface area contributed by atoms with E-state index in [0.717, 1.165) is 25.9 Å². The third-order valence-electron chi connectivity index (χ3n) is 8.42.